The average Bonchev–Trinajstić information content (AvgIpc) is 3.29. The lowest BCUT2D eigenvalue weighted by atomic mass is 9.97. The number of benzene rings is 1. The Bertz CT molecular complexity index is 1710. The highest BCUT2D eigenvalue weighted by Crippen LogP contribution is 2.34. The zero-order valence-corrected chi connectivity index (χ0v) is 26.4. The molecule has 1 aliphatic rings. The summed E-state index contributed by atoms with van der Waals surface area (Å²) < 4.78 is 21.3. The maximum absolute atomic E-state index is 14.3. The Balaban J connectivity index is 1.44. The number of halogens is 2. The lowest BCUT2D eigenvalue weighted by molar-refractivity contribution is 0.0506. The second kappa shape index (κ2) is 11.6. The largest absolute Gasteiger partial charge is 0.465 e. The number of hydrogen-bond donors (Lipinski definition) is 0. The number of hydrogen-bond acceptors (Lipinski definition) is 6. The monoisotopic (exact) mass is 605 g/mol. The van der Waals surface area contributed by atoms with Gasteiger partial charge < -0.3 is 19.1 Å². The van der Waals surface area contributed by atoms with E-state index < -0.39 is 17.3 Å². The molecule has 1 saturated heterocycles. The number of nitrogens with zero attached hydrogens (tertiary/aromatic N) is 5. The van der Waals surface area contributed by atoms with E-state index in [1.54, 1.807) is 25.1 Å². The summed E-state index contributed by atoms with van der Waals surface area (Å²) in [5.74, 6) is 0.0664. The van der Waals surface area contributed by atoms with E-state index in [-0.39, 0.29) is 10.9 Å². The minimum absolute atomic E-state index is 0.0719. The number of amides is 1. The van der Waals surface area contributed by atoms with Gasteiger partial charge in [-0.05, 0) is 75.1 Å². The van der Waals surface area contributed by atoms with Gasteiger partial charge in [0.2, 0.25) is 0 Å². The molecule has 0 atom stereocenters. The number of pyridine rings is 2. The molecule has 226 valence electrons. The number of carbonyl (C=O) groups is 2. The van der Waals surface area contributed by atoms with Crippen molar-refractivity contribution < 1.29 is 18.7 Å². The first-order valence-corrected chi connectivity index (χ1v) is 14.8. The van der Waals surface area contributed by atoms with Gasteiger partial charge in [-0.2, -0.15) is 0 Å². The predicted molar refractivity (Wildman–Crippen MR) is 167 cm³/mol. The van der Waals surface area contributed by atoms with Crippen molar-refractivity contribution >= 4 is 40.3 Å². The van der Waals surface area contributed by atoms with E-state index >= 15 is 0 Å². The Morgan fingerprint density at radius 1 is 1.09 bits per heavy atom. The molecule has 0 spiro atoms. The van der Waals surface area contributed by atoms with Gasteiger partial charge in [0, 0.05) is 43.3 Å². The van der Waals surface area contributed by atoms with E-state index in [0.29, 0.717) is 60.3 Å². The lowest BCUT2D eigenvalue weighted by Crippen LogP contribution is -2.61. The number of piperazine rings is 1. The van der Waals surface area contributed by atoms with Crippen molar-refractivity contribution in [2.24, 2.45) is 5.92 Å². The quantitative estimate of drug-likeness (QED) is 0.228. The highest BCUT2D eigenvalue weighted by molar-refractivity contribution is 6.30. The number of anilines is 1. The summed E-state index contributed by atoms with van der Waals surface area (Å²) >= 11 is 5.94. The van der Waals surface area contributed by atoms with Crippen LogP contribution in [0.15, 0.2) is 42.6 Å². The van der Waals surface area contributed by atoms with Crippen molar-refractivity contribution in [3.63, 3.8) is 0 Å². The molecule has 1 aromatic carbocycles. The summed E-state index contributed by atoms with van der Waals surface area (Å²) in [5.41, 5.74) is 3.94. The van der Waals surface area contributed by atoms with E-state index in [0.717, 1.165) is 22.3 Å². The van der Waals surface area contributed by atoms with Crippen LogP contribution in [0.4, 0.5) is 10.2 Å². The van der Waals surface area contributed by atoms with Crippen molar-refractivity contribution in [1.29, 1.82) is 0 Å². The molecule has 0 unspecified atom stereocenters. The van der Waals surface area contributed by atoms with Gasteiger partial charge in [-0.25, -0.2) is 19.2 Å². The molecular weight excluding hydrogens is 569 g/mol. The third-order valence-corrected chi connectivity index (χ3v) is 8.29. The Morgan fingerprint density at radius 3 is 2.47 bits per heavy atom. The number of ether oxygens (including phenoxy) is 1. The topological polar surface area (TPSA) is 80.6 Å². The number of carbonyl (C=O) groups excluding carboxylic acids is 2. The molecule has 0 radical (unpaired) electrons. The van der Waals surface area contributed by atoms with Crippen LogP contribution in [-0.2, 0) is 11.3 Å². The summed E-state index contributed by atoms with van der Waals surface area (Å²) in [6.07, 6.45) is 1.97. The third kappa shape index (κ3) is 5.83. The van der Waals surface area contributed by atoms with Crippen molar-refractivity contribution in [2.45, 2.75) is 53.6 Å². The van der Waals surface area contributed by atoms with Gasteiger partial charge in [-0.1, -0.05) is 31.5 Å². The summed E-state index contributed by atoms with van der Waals surface area (Å²) in [5, 5.41) is 0.915. The van der Waals surface area contributed by atoms with Gasteiger partial charge in [-0.3, -0.25) is 4.79 Å². The molecular formula is C33H37ClFN5O3. The fraction of sp³-hybridized carbons (Fsp3) is 0.394. The third-order valence-electron chi connectivity index (χ3n) is 7.98. The van der Waals surface area contributed by atoms with Gasteiger partial charge in [0.25, 0.3) is 5.91 Å². The highest BCUT2D eigenvalue weighted by atomic mass is 35.5. The molecule has 0 saturated carbocycles. The molecule has 3 aromatic heterocycles. The van der Waals surface area contributed by atoms with E-state index in [1.807, 2.05) is 48.6 Å². The number of rotatable bonds is 6. The van der Waals surface area contributed by atoms with Gasteiger partial charge in [0.15, 0.2) is 0 Å². The van der Waals surface area contributed by atoms with Gasteiger partial charge in [0.1, 0.15) is 23.0 Å². The first-order valence-electron chi connectivity index (χ1n) is 14.4. The fourth-order valence-electron chi connectivity index (χ4n) is 5.96. The van der Waals surface area contributed by atoms with Crippen LogP contribution in [0.3, 0.4) is 0 Å². The summed E-state index contributed by atoms with van der Waals surface area (Å²) in [7, 11) is 1.36. The maximum atomic E-state index is 14.3. The Morgan fingerprint density at radius 2 is 1.84 bits per heavy atom. The van der Waals surface area contributed by atoms with Crippen LogP contribution >= 0.6 is 11.6 Å². The molecule has 1 fully saturated rings. The second-order valence-electron chi connectivity index (χ2n) is 12.2. The Kier molecular flexibility index (Phi) is 8.22. The van der Waals surface area contributed by atoms with E-state index in [1.165, 1.54) is 13.2 Å². The van der Waals surface area contributed by atoms with Crippen molar-refractivity contribution in [3.8, 4) is 11.1 Å². The maximum Gasteiger partial charge on any atom is 0.339 e. The van der Waals surface area contributed by atoms with Crippen LogP contribution in [-0.4, -0.2) is 63.6 Å². The molecule has 4 heterocycles. The Hall–Kier alpha value is -3.98. The molecule has 5 rings (SSSR count). The summed E-state index contributed by atoms with van der Waals surface area (Å²) in [4.78, 5) is 39.8. The van der Waals surface area contributed by atoms with Crippen molar-refractivity contribution in [2.75, 3.05) is 31.6 Å². The Labute approximate surface area is 256 Å². The van der Waals surface area contributed by atoms with E-state index in [9.17, 15) is 14.0 Å². The number of methoxy groups -OCH3 is 1. The molecule has 0 N–H and O–H groups in total. The van der Waals surface area contributed by atoms with Crippen LogP contribution in [0.5, 0.6) is 0 Å². The highest BCUT2D eigenvalue weighted by Gasteiger charge is 2.38. The van der Waals surface area contributed by atoms with Gasteiger partial charge >= 0.3 is 5.97 Å². The van der Waals surface area contributed by atoms with E-state index in [2.05, 4.69) is 18.7 Å². The van der Waals surface area contributed by atoms with Crippen LogP contribution in [0.1, 0.15) is 59.8 Å². The normalized spacial score (nSPS) is 14.9. The molecule has 1 amide bonds. The van der Waals surface area contributed by atoms with E-state index in [4.69, 9.17) is 26.3 Å². The van der Waals surface area contributed by atoms with Crippen molar-refractivity contribution in [3.05, 3.63) is 75.9 Å². The standard InChI is InChI=1S/C33H37ClFN5O3/c1-19(2)16-39-17-24(22-8-10-25(34)26(35)15-22)23-9-11-27(37-30(23)39)31(41)40-13-12-38(18-33(40,5)6)28-14-20(3)29(21(4)36-28)32(42)43-7/h8-11,14-15,17,19H,12-13,16,18H2,1-7H3. The van der Waals surface area contributed by atoms with Crippen LogP contribution < -0.4 is 4.90 Å². The first-order chi connectivity index (χ1) is 20.3. The summed E-state index contributed by atoms with van der Waals surface area (Å²) in [6.45, 7) is 14.3. The molecule has 4 aromatic rings. The first kappa shape index (κ1) is 30.5. The molecule has 0 aliphatic carbocycles. The number of fused-ring (bicyclic) bond motifs is 1. The SMILES string of the molecule is COC(=O)c1c(C)cc(N2CCN(C(=O)c3ccc4c(-c5ccc(Cl)c(F)c5)cn(CC(C)C)c4n3)C(C)(C)C2)nc1C. The minimum Gasteiger partial charge on any atom is -0.465 e. The lowest BCUT2D eigenvalue weighted by Gasteiger charge is -2.47. The zero-order chi connectivity index (χ0) is 31.2. The van der Waals surface area contributed by atoms with Crippen molar-refractivity contribution in [1.82, 2.24) is 19.4 Å². The zero-order valence-electron chi connectivity index (χ0n) is 25.7. The predicted octanol–water partition coefficient (Wildman–Crippen LogP) is 6.69. The molecule has 0 bridgehead atoms. The minimum atomic E-state index is -0.525. The van der Waals surface area contributed by atoms with Crippen LogP contribution in [0.25, 0.3) is 22.2 Å². The van der Waals surface area contributed by atoms with Gasteiger partial charge in [0.05, 0.1) is 28.9 Å². The average molecular weight is 606 g/mol. The summed E-state index contributed by atoms with van der Waals surface area (Å²) in [6, 6.07) is 10.3. The molecule has 10 heteroatoms. The number of esters is 1. The second-order valence-corrected chi connectivity index (χ2v) is 12.6. The smallest absolute Gasteiger partial charge is 0.339 e. The van der Waals surface area contributed by atoms with Crippen LogP contribution in [0.2, 0.25) is 5.02 Å². The number of aryl methyl sites for hydroxylation is 2. The molecule has 43 heavy (non-hydrogen) atoms. The fourth-order valence-corrected chi connectivity index (χ4v) is 6.08. The molecule has 1 aliphatic heterocycles. The van der Waals surface area contributed by atoms with Crippen LogP contribution in [0, 0.1) is 25.6 Å². The van der Waals surface area contributed by atoms with Gasteiger partial charge in [-0.15, -0.1) is 0 Å². The molecule has 8 nitrogen and oxygen atoms in total. The number of aromatic nitrogens is 3.